The number of methoxy groups -OCH3 is 2. The van der Waals surface area contributed by atoms with Gasteiger partial charge in [-0.15, -0.1) is 0 Å². The van der Waals surface area contributed by atoms with Crippen molar-refractivity contribution in [3.63, 3.8) is 0 Å². The smallest absolute Gasteiger partial charge is 0.366 e. The van der Waals surface area contributed by atoms with Gasteiger partial charge < -0.3 is 67.3 Å². The van der Waals surface area contributed by atoms with Crippen molar-refractivity contribution in [1.82, 2.24) is 0 Å². The molecule has 2 aliphatic rings. The minimum absolute atomic E-state index is 0.101. The summed E-state index contributed by atoms with van der Waals surface area (Å²) in [7, 11) is 2.53. The quantitative estimate of drug-likeness (QED) is 0.119. The minimum atomic E-state index is -2.72. The summed E-state index contributed by atoms with van der Waals surface area (Å²) in [6.45, 7) is 4.50. The van der Waals surface area contributed by atoms with Gasteiger partial charge in [0.05, 0.1) is 46.5 Å². The summed E-state index contributed by atoms with van der Waals surface area (Å²) in [5.41, 5.74) is 8.25. The number of rotatable bonds is 21. The van der Waals surface area contributed by atoms with Crippen molar-refractivity contribution in [2.75, 3.05) is 27.4 Å². The number of benzene rings is 3. The van der Waals surface area contributed by atoms with Gasteiger partial charge in [0.15, 0.2) is 24.4 Å². The van der Waals surface area contributed by atoms with E-state index in [0.29, 0.717) is 11.3 Å². The zero-order valence-corrected chi connectivity index (χ0v) is 38.2. The summed E-state index contributed by atoms with van der Waals surface area (Å²) in [5, 5.41) is 0. The summed E-state index contributed by atoms with van der Waals surface area (Å²) in [6, 6.07) is 23.3. The van der Waals surface area contributed by atoms with Gasteiger partial charge in [0.25, 0.3) is 5.79 Å². The van der Waals surface area contributed by atoms with Crippen LogP contribution in [-0.2, 0) is 94.1 Å². The van der Waals surface area contributed by atoms with Crippen LogP contribution < -0.4 is 15.2 Å². The van der Waals surface area contributed by atoms with Gasteiger partial charge >= 0.3 is 35.8 Å². The van der Waals surface area contributed by atoms with Crippen molar-refractivity contribution in [3.05, 3.63) is 96.1 Å². The molecule has 364 valence electrons. The molecule has 0 amide bonds. The summed E-state index contributed by atoms with van der Waals surface area (Å²) in [4.78, 5) is 77.7. The minimum Gasteiger partial charge on any atom is -0.497 e. The average Bonchev–Trinajstić information content (AvgIpc) is 3.29. The van der Waals surface area contributed by atoms with Gasteiger partial charge in [-0.2, -0.15) is 0 Å². The third kappa shape index (κ3) is 14.7. The van der Waals surface area contributed by atoms with Gasteiger partial charge in [0, 0.05) is 34.6 Å². The van der Waals surface area contributed by atoms with E-state index in [1.807, 2.05) is 36.4 Å². The molecule has 0 radical (unpaired) electrons. The van der Waals surface area contributed by atoms with E-state index in [4.69, 9.17) is 67.3 Å². The van der Waals surface area contributed by atoms with E-state index in [0.717, 1.165) is 47.3 Å². The van der Waals surface area contributed by atoms with Gasteiger partial charge in [-0.3, -0.25) is 24.0 Å². The first kappa shape index (κ1) is 51.8. The first-order chi connectivity index (χ1) is 32.0. The van der Waals surface area contributed by atoms with Crippen molar-refractivity contribution in [3.8, 4) is 11.5 Å². The third-order valence-corrected chi connectivity index (χ3v) is 10.4. The van der Waals surface area contributed by atoms with E-state index >= 15 is 0 Å². The maximum atomic E-state index is 14.5. The number of carbonyl (C=O) groups is 6. The van der Waals surface area contributed by atoms with Crippen LogP contribution >= 0.6 is 0 Å². The maximum Gasteiger partial charge on any atom is 0.366 e. The fourth-order valence-corrected chi connectivity index (χ4v) is 7.54. The van der Waals surface area contributed by atoms with E-state index in [9.17, 15) is 28.8 Å². The van der Waals surface area contributed by atoms with E-state index in [2.05, 4.69) is 0 Å². The largest absolute Gasteiger partial charge is 0.497 e. The van der Waals surface area contributed by atoms with Gasteiger partial charge in [-0.25, -0.2) is 4.79 Å². The second kappa shape index (κ2) is 24.6. The molecule has 2 heterocycles. The molecule has 2 fully saturated rings. The first-order valence-corrected chi connectivity index (χ1v) is 21.3. The maximum absolute atomic E-state index is 14.5. The van der Waals surface area contributed by atoms with Crippen molar-refractivity contribution in [2.45, 2.75) is 121 Å². The highest BCUT2D eigenvalue weighted by molar-refractivity contribution is 5.78. The zero-order chi connectivity index (χ0) is 48.7. The average molecular weight is 940 g/mol. The molecule has 11 atom stereocenters. The standard InChI is InChI=1S/C47H57NO19/c1-27(49)58-26-38(61-29(3)51)40(62-30(4)52)42-39(48)36(60-28(2)50)22-47(66-42,46(54)56-7)67-43-41(63-31(5)53)37(25-57-23-32-14-10-8-11-15-32)65-45(64-35-20-18-34(55-6)19-21-35)44(43)59-24-33-16-12-9-13-17-33/h8-21,36-45H,22-26,48H2,1-7H3/t36-,37+,38+,39+,40+,41-,42+,43-,44+,45+,47-/m0/s1. The Morgan fingerprint density at radius 2 is 1.30 bits per heavy atom. The van der Waals surface area contributed by atoms with Crippen LogP contribution in [0.25, 0.3) is 0 Å². The Kier molecular flexibility index (Phi) is 19.0. The molecule has 0 unspecified atom stereocenters. The summed E-state index contributed by atoms with van der Waals surface area (Å²) in [5.74, 6) is -7.41. The molecule has 5 rings (SSSR count). The van der Waals surface area contributed by atoms with Crippen LogP contribution in [0.3, 0.4) is 0 Å². The molecule has 0 aromatic heterocycles. The second-order valence-electron chi connectivity index (χ2n) is 15.5. The Balaban J connectivity index is 1.69. The zero-order valence-electron chi connectivity index (χ0n) is 38.2. The SMILES string of the molecule is COC(=O)[C@@]1(O[C@H]2[C@@H](OC(C)=O)[C@@H](COCc3ccccc3)O[C@@H](Oc3ccc(OC)cc3)[C@@H]2OCc2ccccc2)C[C@H](OC(C)=O)[C@@H](N)[C@H]([C@H](OC(C)=O)[C@@H](COC(C)=O)OC(C)=O)O1. The van der Waals surface area contributed by atoms with Gasteiger partial charge in [0.1, 0.15) is 42.5 Å². The van der Waals surface area contributed by atoms with Gasteiger partial charge in [-0.05, 0) is 35.4 Å². The number of ether oxygens (including phenoxy) is 13. The number of carbonyl (C=O) groups excluding carboxylic acids is 6. The Morgan fingerprint density at radius 3 is 1.85 bits per heavy atom. The fraction of sp³-hybridized carbons (Fsp3) is 0.489. The molecule has 20 nitrogen and oxygen atoms in total. The van der Waals surface area contributed by atoms with Crippen LogP contribution in [0.4, 0.5) is 0 Å². The molecule has 0 spiro atoms. The number of hydrogen-bond donors (Lipinski definition) is 1. The second-order valence-corrected chi connectivity index (χ2v) is 15.5. The first-order valence-electron chi connectivity index (χ1n) is 21.3. The third-order valence-electron chi connectivity index (χ3n) is 10.4. The van der Waals surface area contributed by atoms with Crippen LogP contribution in [0.5, 0.6) is 11.5 Å². The lowest BCUT2D eigenvalue weighted by Gasteiger charge is -2.51. The van der Waals surface area contributed by atoms with Crippen molar-refractivity contribution < 1.29 is 90.3 Å². The Hall–Kier alpha value is -6.16. The van der Waals surface area contributed by atoms with E-state index < -0.39 is 116 Å². The Labute approximate surface area is 387 Å². The molecule has 67 heavy (non-hydrogen) atoms. The summed E-state index contributed by atoms with van der Waals surface area (Å²) < 4.78 is 77.9. The van der Waals surface area contributed by atoms with Crippen LogP contribution in [0.2, 0.25) is 0 Å². The van der Waals surface area contributed by atoms with Gasteiger partial charge in [-0.1, -0.05) is 60.7 Å². The molecule has 20 heteroatoms. The fourth-order valence-electron chi connectivity index (χ4n) is 7.54. The Morgan fingerprint density at radius 1 is 0.701 bits per heavy atom. The van der Waals surface area contributed by atoms with Crippen LogP contribution in [-0.4, -0.2) is 130 Å². The van der Waals surface area contributed by atoms with Crippen molar-refractivity contribution >= 4 is 35.8 Å². The lowest BCUT2D eigenvalue weighted by molar-refractivity contribution is -0.368. The molecule has 3 aromatic carbocycles. The molecule has 2 aliphatic heterocycles. The van der Waals surface area contributed by atoms with Crippen LogP contribution in [0, 0.1) is 0 Å². The highest BCUT2D eigenvalue weighted by Gasteiger charge is 2.62. The highest BCUT2D eigenvalue weighted by Crippen LogP contribution is 2.41. The van der Waals surface area contributed by atoms with Crippen molar-refractivity contribution in [2.24, 2.45) is 5.73 Å². The lowest BCUT2D eigenvalue weighted by atomic mass is 9.88. The Bertz CT molecular complexity index is 2110. The predicted octanol–water partition coefficient (Wildman–Crippen LogP) is 3.26. The summed E-state index contributed by atoms with van der Waals surface area (Å²) in [6.07, 6.45) is -14.5. The molecule has 2 saturated heterocycles. The predicted molar refractivity (Wildman–Crippen MR) is 229 cm³/mol. The van der Waals surface area contributed by atoms with E-state index in [1.165, 1.54) is 7.11 Å². The highest BCUT2D eigenvalue weighted by atomic mass is 16.8. The van der Waals surface area contributed by atoms with E-state index in [-0.39, 0.29) is 25.6 Å². The lowest BCUT2D eigenvalue weighted by Crippen LogP contribution is -2.71. The topological polar surface area (TPSA) is 248 Å². The summed E-state index contributed by atoms with van der Waals surface area (Å²) >= 11 is 0. The van der Waals surface area contributed by atoms with Crippen LogP contribution in [0.1, 0.15) is 52.2 Å². The molecule has 2 N–H and O–H groups in total. The van der Waals surface area contributed by atoms with E-state index in [1.54, 1.807) is 48.5 Å². The molecule has 0 bridgehead atoms. The normalized spacial score (nSPS) is 25.6. The number of hydrogen-bond acceptors (Lipinski definition) is 20. The molecular weight excluding hydrogens is 883 g/mol. The number of nitrogens with two attached hydrogens (primary N) is 1. The van der Waals surface area contributed by atoms with Crippen molar-refractivity contribution in [1.29, 1.82) is 0 Å². The van der Waals surface area contributed by atoms with Crippen LogP contribution in [0.15, 0.2) is 84.9 Å². The molecule has 0 saturated carbocycles. The molecule has 0 aliphatic carbocycles. The number of esters is 6. The molecule has 3 aromatic rings. The van der Waals surface area contributed by atoms with Gasteiger partial charge in [0.2, 0.25) is 6.29 Å². The monoisotopic (exact) mass is 939 g/mol. The molecular formula is C47H57NO19.